The molecule has 1 aliphatic heterocycles. The fraction of sp³-hybridized carbons (Fsp3) is 0.798. The highest BCUT2D eigenvalue weighted by Gasteiger charge is 2.80. The molecule has 4 N–H and O–H groups in total. The average Bonchev–Trinajstić information content (AvgIpc) is 0.666. The monoisotopic (exact) mass is 1430 g/mol. The number of unbranched alkanes of at least 4 members (excludes halogenated alkanes) is 36. The maximum absolute atomic E-state index is 17.2. The van der Waals surface area contributed by atoms with E-state index in [9.17, 15) is 24.3 Å². The molecule has 1 fully saturated rings. The summed E-state index contributed by atoms with van der Waals surface area (Å²) in [4.78, 5) is 159. The molecule has 2 rings (SSSR count). The minimum atomic E-state index is -2.61. The molecule has 0 aliphatic carbocycles. The van der Waals surface area contributed by atoms with Gasteiger partial charge in [0.1, 0.15) is 37.0 Å². The lowest BCUT2D eigenvalue weighted by Crippen LogP contribution is -2.83. The van der Waals surface area contributed by atoms with Gasteiger partial charge in [-0.3, -0.25) is 43.2 Å². The highest BCUT2D eigenvalue weighted by Crippen LogP contribution is 2.62. The number of ether oxygens (including phenoxy) is 1. The fourth-order valence-corrected chi connectivity index (χ4v) is 15.2. The number of nitrogens with one attached hydrogen (secondary N) is 3. The van der Waals surface area contributed by atoms with Gasteiger partial charge in [-0.25, -0.2) is 4.79 Å². The van der Waals surface area contributed by atoms with Crippen molar-refractivity contribution in [3.63, 3.8) is 0 Å². The number of hydrogen-bond acceptors (Lipinski definition) is 13. The van der Waals surface area contributed by atoms with Crippen LogP contribution in [0.1, 0.15) is 381 Å². The number of carbonyl (C=O) groups is 10. The number of benzene rings is 1. The van der Waals surface area contributed by atoms with Crippen molar-refractivity contribution in [2.45, 2.75) is 394 Å². The lowest BCUT2D eigenvalue weighted by atomic mass is 9.41. The van der Waals surface area contributed by atoms with E-state index in [1.807, 2.05) is 6.07 Å². The molecule has 4 amide bonds. The summed E-state index contributed by atoms with van der Waals surface area (Å²) in [7, 11) is 0. The summed E-state index contributed by atoms with van der Waals surface area (Å²) in [6.07, 6.45) is 36.1. The molecule has 1 heterocycles. The van der Waals surface area contributed by atoms with Crippen LogP contribution in [0.3, 0.4) is 0 Å². The second-order valence-corrected chi connectivity index (χ2v) is 29.3. The Labute approximate surface area is 617 Å². The van der Waals surface area contributed by atoms with Crippen LogP contribution in [-0.2, 0) is 59.3 Å². The van der Waals surface area contributed by atoms with Crippen LogP contribution in [0, 0.1) is 10.8 Å². The van der Waals surface area contributed by atoms with E-state index in [2.05, 4.69) is 62.6 Å². The van der Waals surface area contributed by atoms with E-state index >= 15 is 28.8 Å². The van der Waals surface area contributed by atoms with Crippen molar-refractivity contribution in [3.05, 3.63) is 35.9 Å². The van der Waals surface area contributed by atoms with Gasteiger partial charge in [-0.15, -0.1) is 0 Å². The first-order valence-corrected chi connectivity index (χ1v) is 41.4. The molecule has 1 aliphatic rings. The lowest BCUT2D eigenvalue weighted by Gasteiger charge is -2.63. The Bertz CT molecular complexity index is 2460. The zero-order valence-electron chi connectivity index (χ0n) is 65.1. The van der Waals surface area contributed by atoms with Crippen LogP contribution in [0.25, 0.3) is 0 Å². The largest absolute Gasteiger partial charge is 0.480 e. The van der Waals surface area contributed by atoms with Gasteiger partial charge in [0.05, 0.1) is 18.2 Å². The minimum Gasteiger partial charge on any atom is -0.480 e. The van der Waals surface area contributed by atoms with Gasteiger partial charge >= 0.3 is 12.1 Å². The molecule has 18 heteroatoms. The Morgan fingerprint density at radius 3 is 1.27 bits per heavy atom. The molecule has 2 atom stereocenters. The predicted molar refractivity (Wildman–Crippen MR) is 410 cm³/mol. The SMILES string of the molecule is CCCCCCCCCC(=O)N1CCC(CCO/N=C\CNC(=O)CCC(NC(=O)OCc2ccccc2)C(=O)NCC(=O)O)(C(=O)CCCCCCCCC)C(C(=O)CCCCCCCCC)(C(=O)CCCCCCCCC)C1(C(=O)CCCCCCCCC)C(=O)CCCCCCCCC. The summed E-state index contributed by atoms with van der Waals surface area (Å²) in [5.74, 6) is -5.80. The molecule has 582 valence electrons. The summed E-state index contributed by atoms with van der Waals surface area (Å²) in [5.41, 5.74) is -6.48. The Balaban J connectivity index is 3.05. The van der Waals surface area contributed by atoms with Gasteiger partial charge in [-0.05, 0) is 63.4 Å². The Kier molecular flexibility index (Phi) is 52.9. The summed E-state index contributed by atoms with van der Waals surface area (Å²) < 4.78 is 5.31. The number of amides is 4. The maximum atomic E-state index is 17.2. The zero-order valence-corrected chi connectivity index (χ0v) is 65.1. The number of aliphatic carboxylic acids is 1. The molecule has 0 saturated carbocycles. The number of carboxylic acid groups (broad SMARTS) is 1. The van der Waals surface area contributed by atoms with Gasteiger partial charge in [0.15, 0.2) is 28.7 Å². The summed E-state index contributed by atoms with van der Waals surface area (Å²) in [5, 5.41) is 20.9. The third-order valence-corrected chi connectivity index (χ3v) is 21.0. The van der Waals surface area contributed by atoms with E-state index in [-0.39, 0.29) is 96.3 Å². The highest BCUT2D eigenvalue weighted by atomic mass is 16.6. The number of alkyl carbamates (subject to hydrolysis) is 1. The second kappa shape index (κ2) is 58.5. The topological polar surface area (TPSA) is 261 Å². The van der Waals surface area contributed by atoms with Gasteiger partial charge in [0, 0.05) is 51.5 Å². The van der Waals surface area contributed by atoms with Gasteiger partial charge in [-0.2, -0.15) is 0 Å². The Hall–Kier alpha value is -5.81. The van der Waals surface area contributed by atoms with Crippen molar-refractivity contribution in [1.29, 1.82) is 0 Å². The second-order valence-electron chi connectivity index (χ2n) is 29.3. The molecule has 0 radical (unpaired) electrons. The van der Waals surface area contributed by atoms with Crippen LogP contribution >= 0.6 is 0 Å². The molecule has 0 aromatic heterocycles. The number of carboxylic acids is 1. The van der Waals surface area contributed by atoms with Crippen LogP contribution in [0.5, 0.6) is 0 Å². The molecule has 1 aromatic rings. The third-order valence-electron chi connectivity index (χ3n) is 21.0. The molecular formula is C84H143N5O13. The van der Waals surface area contributed by atoms with E-state index in [1.54, 1.807) is 24.3 Å². The fourth-order valence-electron chi connectivity index (χ4n) is 15.2. The van der Waals surface area contributed by atoms with E-state index < -0.39 is 81.9 Å². The molecular weight excluding hydrogens is 1290 g/mol. The number of likely N-dealkylation sites (tertiary alicyclic amines) is 1. The summed E-state index contributed by atoms with van der Waals surface area (Å²) >= 11 is 0. The van der Waals surface area contributed by atoms with Gasteiger partial charge < -0.3 is 35.5 Å². The quantitative estimate of drug-likeness (QED) is 0.0205. The first-order chi connectivity index (χ1) is 49.5. The molecule has 2 unspecified atom stereocenters. The number of oxime groups is 1. The van der Waals surface area contributed by atoms with Crippen molar-refractivity contribution < 1.29 is 62.6 Å². The number of ketones is 5. The van der Waals surface area contributed by atoms with E-state index in [0.29, 0.717) is 69.8 Å². The van der Waals surface area contributed by atoms with Gasteiger partial charge in [0.2, 0.25) is 17.7 Å². The number of rotatable bonds is 68. The number of nitrogens with zero attached hydrogens (tertiary/aromatic N) is 2. The third kappa shape index (κ3) is 34.4. The van der Waals surface area contributed by atoms with Crippen molar-refractivity contribution in [1.82, 2.24) is 20.9 Å². The maximum Gasteiger partial charge on any atom is 0.408 e. The van der Waals surface area contributed by atoms with E-state index in [4.69, 9.17) is 9.57 Å². The Morgan fingerprint density at radius 1 is 0.480 bits per heavy atom. The molecule has 1 saturated heterocycles. The molecule has 18 nitrogen and oxygen atoms in total. The predicted octanol–water partition coefficient (Wildman–Crippen LogP) is 19.4. The number of carbonyl (C=O) groups excluding carboxylic acids is 9. The van der Waals surface area contributed by atoms with Crippen molar-refractivity contribution in [2.24, 2.45) is 16.0 Å². The molecule has 0 bridgehead atoms. The smallest absolute Gasteiger partial charge is 0.408 e. The highest BCUT2D eigenvalue weighted by molar-refractivity contribution is 6.27. The van der Waals surface area contributed by atoms with E-state index in [0.717, 1.165) is 205 Å². The summed E-state index contributed by atoms with van der Waals surface area (Å²) in [6.45, 7) is 11.5. The first-order valence-electron chi connectivity index (χ1n) is 41.4. The normalized spacial score (nSPS) is 15.0. The van der Waals surface area contributed by atoms with Crippen LogP contribution in [-0.4, -0.2) is 113 Å². The Morgan fingerprint density at radius 2 is 0.863 bits per heavy atom. The molecule has 1 aromatic carbocycles. The number of Topliss-reactive ketones (excluding diaryl/α,β-unsaturated/α-hetero) is 5. The van der Waals surface area contributed by atoms with Crippen molar-refractivity contribution in [3.8, 4) is 0 Å². The van der Waals surface area contributed by atoms with Crippen molar-refractivity contribution in [2.75, 3.05) is 26.2 Å². The van der Waals surface area contributed by atoms with E-state index in [1.165, 1.54) is 11.1 Å². The zero-order chi connectivity index (χ0) is 74.8. The van der Waals surface area contributed by atoms with Crippen LogP contribution < -0.4 is 16.0 Å². The van der Waals surface area contributed by atoms with Crippen LogP contribution in [0.2, 0.25) is 0 Å². The average molecular weight is 1430 g/mol. The first kappa shape index (κ1) is 92.3. The van der Waals surface area contributed by atoms with Crippen molar-refractivity contribution >= 4 is 64.9 Å². The molecule has 0 spiro atoms. The van der Waals surface area contributed by atoms with Crippen LogP contribution in [0.15, 0.2) is 35.5 Å². The summed E-state index contributed by atoms with van der Waals surface area (Å²) in [6, 6.07) is 7.56. The standard InChI is InChI=1S/C84H143N5O13/c1-7-13-19-25-31-37-46-54-72(90)82(63-67-102-87-65-64-85-77(95)61-60-71(80(99)86-68-79(97)98)88-81(100)101-69-70-52-44-43-45-53-70)62-66-89(78(96)59-51-42-36-30-24-18-12-6)84(75(93)57-49-40-34-28-22-16-10-4,76(94)58-50-41-35-29-23-17-11-5)83(82,73(91)55-47-38-32-26-20-14-8-2)74(92)56-48-39-33-27-21-15-9-3/h43-45,52-53,65,71H,7-42,46-51,54-64,66-69H2,1-6H3,(H,85,95)(H,86,99)(H,88,100)(H,97,98)/b87-65-. The van der Waals surface area contributed by atoms with Gasteiger partial charge in [-0.1, -0.05) is 308 Å². The number of piperidine rings is 1. The van der Waals surface area contributed by atoms with Gasteiger partial charge in [0.25, 0.3) is 0 Å². The molecule has 102 heavy (non-hydrogen) atoms. The lowest BCUT2D eigenvalue weighted by molar-refractivity contribution is -0.200. The van der Waals surface area contributed by atoms with Crippen LogP contribution in [0.4, 0.5) is 4.79 Å². The minimum absolute atomic E-state index is 0.00727. The number of hydrogen-bond donors (Lipinski definition) is 4.